The molecule has 1 unspecified atom stereocenters. The Kier molecular flexibility index (Phi) is 3.07. The maximum absolute atomic E-state index is 11.9. The van der Waals surface area contributed by atoms with Crippen molar-refractivity contribution in [2.75, 3.05) is 12.9 Å². The molecule has 0 fully saturated rings. The van der Waals surface area contributed by atoms with Crippen LogP contribution in [-0.2, 0) is 17.6 Å². The van der Waals surface area contributed by atoms with Crippen molar-refractivity contribution in [3.05, 3.63) is 17.7 Å². The molecule has 1 aromatic rings. The van der Waals surface area contributed by atoms with Crippen LogP contribution in [0.25, 0.3) is 0 Å². The van der Waals surface area contributed by atoms with Crippen molar-refractivity contribution in [2.45, 2.75) is 24.2 Å². The summed E-state index contributed by atoms with van der Waals surface area (Å²) in [4.78, 5) is 0.821. The third kappa shape index (κ3) is 2.06. The molecular formula is C11H14O3S. The summed E-state index contributed by atoms with van der Waals surface area (Å²) in [5, 5.41) is 9.62. The van der Waals surface area contributed by atoms with Crippen LogP contribution in [0, 0.1) is 0 Å². The summed E-state index contributed by atoms with van der Waals surface area (Å²) in [6.07, 6.45) is 2.90. The number of hydrogen-bond donors (Lipinski definition) is 1. The quantitative estimate of drug-likeness (QED) is 0.743. The van der Waals surface area contributed by atoms with Crippen LogP contribution in [0.5, 0.6) is 11.5 Å². The number of ether oxygens (including phenoxy) is 1. The monoisotopic (exact) mass is 226 g/mol. The van der Waals surface area contributed by atoms with Crippen molar-refractivity contribution >= 4 is 11.2 Å². The van der Waals surface area contributed by atoms with Gasteiger partial charge in [-0.1, -0.05) is 0 Å². The summed E-state index contributed by atoms with van der Waals surface area (Å²) >= 11 is -0.944. The summed E-state index contributed by atoms with van der Waals surface area (Å²) < 4.78 is 16.9. The fraction of sp³-hybridized carbons (Fsp3) is 0.455. The van der Waals surface area contributed by atoms with E-state index in [0.717, 1.165) is 29.7 Å². The largest absolute Gasteiger partial charge is 0.611 e. The van der Waals surface area contributed by atoms with Gasteiger partial charge in [0, 0.05) is 11.6 Å². The van der Waals surface area contributed by atoms with Gasteiger partial charge in [0.2, 0.25) is 0 Å². The minimum Gasteiger partial charge on any atom is -0.611 e. The zero-order chi connectivity index (χ0) is 10.8. The van der Waals surface area contributed by atoms with E-state index in [4.69, 9.17) is 4.74 Å². The smallest absolute Gasteiger partial charge is 0.165 e. The Morgan fingerprint density at radius 1 is 1.40 bits per heavy atom. The van der Waals surface area contributed by atoms with Gasteiger partial charge >= 0.3 is 0 Å². The fourth-order valence-electron chi connectivity index (χ4n) is 1.82. The van der Waals surface area contributed by atoms with Crippen molar-refractivity contribution in [3.8, 4) is 11.5 Å². The molecule has 2 rings (SSSR count). The van der Waals surface area contributed by atoms with E-state index >= 15 is 0 Å². The highest BCUT2D eigenvalue weighted by atomic mass is 32.2. The minimum atomic E-state index is -0.944. The summed E-state index contributed by atoms with van der Waals surface area (Å²) in [6, 6.07) is 3.38. The molecular weight excluding hydrogens is 212 g/mol. The fourth-order valence-corrected chi connectivity index (χ4v) is 3.20. The Morgan fingerprint density at radius 2 is 2.20 bits per heavy atom. The number of aryl methyl sites for hydroxylation is 1. The molecule has 82 valence electrons. The van der Waals surface area contributed by atoms with Crippen molar-refractivity contribution in [3.63, 3.8) is 0 Å². The zero-order valence-corrected chi connectivity index (χ0v) is 9.47. The van der Waals surface area contributed by atoms with Crippen LogP contribution in [0.4, 0.5) is 0 Å². The van der Waals surface area contributed by atoms with Gasteiger partial charge < -0.3 is 14.4 Å². The zero-order valence-electron chi connectivity index (χ0n) is 8.66. The van der Waals surface area contributed by atoms with E-state index in [1.54, 1.807) is 12.1 Å². The molecule has 1 aliphatic heterocycles. The number of phenolic OH excluding ortho intramolecular Hbond substituents is 1. The molecule has 0 bridgehead atoms. The molecule has 0 aromatic heterocycles. The van der Waals surface area contributed by atoms with E-state index in [0.29, 0.717) is 11.5 Å². The second-order valence-electron chi connectivity index (χ2n) is 3.64. The Labute approximate surface area is 92.3 Å². The van der Waals surface area contributed by atoms with Crippen LogP contribution in [0.3, 0.4) is 0 Å². The Bertz CT molecular complexity index is 365. The average molecular weight is 226 g/mol. The van der Waals surface area contributed by atoms with Crippen LogP contribution in [-0.4, -0.2) is 22.5 Å². The van der Waals surface area contributed by atoms with Gasteiger partial charge in [-0.15, -0.1) is 0 Å². The molecule has 3 nitrogen and oxygen atoms in total. The standard InChI is InChI=1S/C11H14O3S/c1-14-10-7-11-8(6-9(10)12)4-2-3-5-15(11)13/h6-7,12H,2-5H2,1H3. The molecule has 1 heterocycles. The lowest BCUT2D eigenvalue weighted by atomic mass is 10.1. The van der Waals surface area contributed by atoms with Crippen LogP contribution >= 0.6 is 0 Å². The number of methoxy groups -OCH3 is 1. The number of phenols is 1. The topological polar surface area (TPSA) is 52.5 Å². The summed E-state index contributed by atoms with van der Waals surface area (Å²) in [6.45, 7) is 0. The first-order valence-corrected chi connectivity index (χ1v) is 6.32. The lowest BCUT2D eigenvalue weighted by molar-refractivity contribution is 0.371. The molecule has 15 heavy (non-hydrogen) atoms. The molecule has 0 aliphatic carbocycles. The Balaban J connectivity index is 2.47. The summed E-state index contributed by atoms with van der Waals surface area (Å²) in [5.74, 6) is 1.25. The van der Waals surface area contributed by atoms with Gasteiger partial charge in [0.25, 0.3) is 0 Å². The van der Waals surface area contributed by atoms with Crippen LogP contribution in [0.15, 0.2) is 17.0 Å². The maximum atomic E-state index is 11.9. The van der Waals surface area contributed by atoms with Gasteiger partial charge in [0.05, 0.1) is 7.11 Å². The highest BCUT2D eigenvalue weighted by molar-refractivity contribution is 7.91. The highest BCUT2D eigenvalue weighted by Crippen LogP contribution is 2.34. The SMILES string of the molecule is COc1cc2c(cc1O)CCCC[S+]2[O-]. The Morgan fingerprint density at radius 3 is 2.93 bits per heavy atom. The highest BCUT2D eigenvalue weighted by Gasteiger charge is 2.22. The first-order chi connectivity index (χ1) is 7.22. The van der Waals surface area contributed by atoms with Crippen LogP contribution < -0.4 is 4.74 Å². The van der Waals surface area contributed by atoms with Gasteiger partial charge in [-0.2, -0.15) is 0 Å². The Hall–Kier alpha value is -0.870. The van der Waals surface area contributed by atoms with E-state index in [1.807, 2.05) is 0 Å². The second kappa shape index (κ2) is 4.33. The molecule has 4 heteroatoms. The normalized spacial score (nSPS) is 20.5. The number of fused-ring (bicyclic) bond motifs is 1. The summed E-state index contributed by atoms with van der Waals surface area (Å²) in [7, 11) is 1.50. The average Bonchev–Trinajstić information content (AvgIpc) is 2.40. The van der Waals surface area contributed by atoms with Crippen molar-refractivity contribution in [1.82, 2.24) is 0 Å². The number of rotatable bonds is 1. The van der Waals surface area contributed by atoms with Crippen molar-refractivity contribution in [1.29, 1.82) is 0 Å². The molecule has 0 saturated carbocycles. The maximum Gasteiger partial charge on any atom is 0.165 e. The van der Waals surface area contributed by atoms with Gasteiger partial charge in [-0.05, 0) is 36.5 Å². The minimum absolute atomic E-state index is 0.134. The molecule has 0 spiro atoms. The lowest BCUT2D eigenvalue weighted by Gasteiger charge is -2.12. The van der Waals surface area contributed by atoms with Crippen LogP contribution in [0.2, 0.25) is 0 Å². The van der Waals surface area contributed by atoms with E-state index in [2.05, 4.69) is 0 Å². The molecule has 1 N–H and O–H groups in total. The van der Waals surface area contributed by atoms with Gasteiger partial charge in [-0.3, -0.25) is 0 Å². The predicted molar refractivity (Wildman–Crippen MR) is 58.9 cm³/mol. The molecule has 1 atom stereocenters. The van der Waals surface area contributed by atoms with Gasteiger partial charge in [0.1, 0.15) is 5.75 Å². The first kappa shape index (κ1) is 10.6. The van der Waals surface area contributed by atoms with Crippen molar-refractivity contribution < 1.29 is 14.4 Å². The molecule has 1 aliphatic rings. The van der Waals surface area contributed by atoms with Crippen molar-refractivity contribution in [2.24, 2.45) is 0 Å². The van der Waals surface area contributed by atoms with E-state index in [-0.39, 0.29) is 5.75 Å². The molecule has 0 radical (unpaired) electrons. The van der Waals surface area contributed by atoms with Gasteiger partial charge in [-0.25, -0.2) is 0 Å². The first-order valence-electron chi connectivity index (χ1n) is 5.00. The molecule has 0 amide bonds. The number of aromatic hydroxyl groups is 1. The predicted octanol–water partition coefficient (Wildman–Crippen LogP) is 1.84. The van der Waals surface area contributed by atoms with E-state index in [1.165, 1.54) is 7.11 Å². The van der Waals surface area contributed by atoms with Crippen LogP contribution in [0.1, 0.15) is 18.4 Å². The van der Waals surface area contributed by atoms with E-state index < -0.39 is 11.2 Å². The molecule has 0 saturated heterocycles. The number of hydrogen-bond acceptors (Lipinski definition) is 3. The van der Waals surface area contributed by atoms with E-state index in [9.17, 15) is 9.66 Å². The molecule has 1 aromatic carbocycles. The van der Waals surface area contributed by atoms with Gasteiger partial charge in [0.15, 0.2) is 16.4 Å². The third-order valence-electron chi connectivity index (χ3n) is 2.63. The summed E-state index contributed by atoms with van der Waals surface area (Å²) in [5.41, 5.74) is 0.990. The number of benzene rings is 1. The third-order valence-corrected chi connectivity index (χ3v) is 4.16. The second-order valence-corrected chi connectivity index (χ2v) is 5.18. The lowest BCUT2D eigenvalue weighted by Crippen LogP contribution is -2.06.